The molecule has 42 heteroatoms. The molecule has 0 aromatic rings. The zero-order valence-corrected chi connectivity index (χ0v) is 30.3. The van der Waals surface area contributed by atoms with Crippen molar-refractivity contribution >= 4 is 46.9 Å². The molecular weight excluding hydrogens is 810 g/mol. The Hall–Kier alpha value is 0.180. The van der Waals surface area contributed by atoms with E-state index in [4.69, 9.17) is 58.7 Å². The average Bonchev–Trinajstić information content (AvgIpc) is 2.51. The van der Waals surface area contributed by atoms with Crippen molar-refractivity contribution < 1.29 is 113 Å². The smallest absolute Gasteiger partial charge is 0.344 e. The molecule has 1 rings (SSSR count). The fourth-order valence-electron chi connectivity index (χ4n) is 2.79. The van der Waals surface area contributed by atoms with Crippen molar-refractivity contribution in [2.75, 3.05) is 0 Å². The second-order valence-electron chi connectivity index (χ2n) is 6.36. The maximum absolute atomic E-state index is 11.4. The lowest BCUT2D eigenvalue weighted by molar-refractivity contribution is -0.202. The SMILES string of the molecule is N.N.N.N.N.N.N.N.N.N.N.N.O=P(O)(O)OC1C(OP(=O)(O)O)C(OP(=O)(O)O)C(OP(=O)(O)O)C(OP(=O)(O)O)C1OP(=O)(O)O. The molecule has 0 bridgehead atoms. The Labute approximate surface area is 271 Å². The van der Waals surface area contributed by atoms with Crippen LogP contribution in [0.15, 0.2) is 0 Å². The zero-order valence-electron chi connectivity index (χ0n) is 24.9. The van der Waals surface area contributed by atoms with Crippen LogP contribution in [0.2, 0.25) is 0 Å². The second kappa shape index (κ2) is 27.8. The summed E-state index contributed by atoms with van der Waals surface area (Å²) in [4.78, 5) is 110. The summed E-state index contributed by atoms with van der Waals surface area (Å²) in [6.45, 7) is 0. The first-order valence-electron chi connectivity index (χ1n) is 8.01. The van der Waals surface area contributed by atoms with Gasteiger partial charge in [0.25, 0.3) is 0 Å². The summed E-state index contributed by atoms with van der Waals surface area (Å²) in [5.74, 6) is 0. The van der Waals surface area contributed by atoms with Crippen LogP contribution in [-0.2, 0) is 54.5 Å². The van der Waals surface area contributed by atoms with Crippen molar-refractivity contribution in [2.24, 2.45) is 0 Å². The highest BCUT2D eigenvalue weighted by Crippen LogP contribution is 2.57. The van der Waals surface area contributed by atoms with Crippen LogP contribution >= 0.6 is 46.9 Å². The Balaban J connectivity index is -0.000000108. The van der Waals surface area contributed by atoms with Crippen LogP contribution in [0.1, 0.15) is 0 Å². The maximum atomic E-state index is 11.4. The molecule has 312 valence electrons. The molecule has 1 saturated carbocycles. The Morgan fingerprint density at radius 3 is 0.333 bits per heavy atom. The molecule has 0 radical (unpaired) electrons. The third kappa shape index (κ3) is 32.1. The van der Waals surface area contributed by atoms with Crippen LogP contribution in [0.3, 0.4) is 0 Å². The van der Waals surface area contributed by atoms with Gasteiger partial charge in [-0.1, -0.05) is 0 Å². The number of phosphoric ester groups is 6. The van der Waals surface area contributed by atoms with Gasteiger partial charge in [-0.3, -0.25) is 27.1 Å². The van der Waals surface area contributed by atoms with Crippen molar-refractivity contribution in [1.82, 2.24) is 73.8 Å². The predicted octanol–water partition coefficient (Wildman–Crippen LogP) is -1.19. The van der Waals surface area contributed by atoms with E-state index in [9.17, 15) is 27.4 Å². The van der Waals surface area contributed by atoms with Gasteiger partial charge in [0.05, 0.1) is 0 Å². The predicted molar refractivity (Wildman–Crippen MR) is 162 cm³/mol. The summed E-state index contributed by atoms with van der Waals surface area (Å²) in [6, 6.07) is 0. The van der Waals surface area contributed by atoms with Crippen molar-refractivity contribution in [3.05, 3.63) is 0 Å². The molecule has 36 nitrogen and oxygen atoms in total. The van der Waals surface area contributed by atoms with Gasteiger partial charge in [-0.25, -0.2) is 27.4 Å². The summed E-state index contributed by atoms with van der Waals surface area (Å²) < 4.78 is 93.1. The highest BCUT2D eigenvalue weighted by Gasteiger charge is 2.62. The molecule has 48 heavy (non-hydrogen) atoms. The summed E-state index contributed by atoms with van der Waals surface area (Å²) in [5, 5.41) is 0. The lowest BCUT2D eigenvalue weighted by Gasteiger charge is -2.48. The monoisotopic (exact) mass is 864 g/mol. The van der Waals surface area contributed by atoms with Gasteiger partial charge in [0.1, 0.15) is 36.6 Å². The number of phosphoric acid groups is 6. The fourth-order valence-corrected chi connectivity index (χ4v) is 6.14. The molecule has 1 aliphatic carbocycles. The number of hydrogen-bond acceptors (Lipinski definition) is 24. The molecular formula is C6H54N12O24P6. The molecule has 0 amide bonds. The van der Waals surface area contributed by atoms with E-state index < -0.39 is 83.6 Å². The standard InChI is InChI=1S/C6H18O24P6.12H3N/c7-31(8,9)25-1-2(26-32(10,11)12)4(28-34(16,17)18)6(30-36(22,23)24)5(29-35(19,20)21)3(1)27-33(13,14)15;;;;;;;;;;;;/h1-6H,(H2,7,8,9)(H2,10,11,12)(H2,13,14,15)(H2,16,17,18)(H2,19,20,21)(H2,22,23,24);12*1H3. The minimum atomic E-state index is -6.02. The van der Waals surface area contributed by atoms with E-state index in [1.165, 1.54) is 0 Å². The third-order valence-corrected chi connectivity index (χ3v) is 6.61. The molecule has 0 aromatic heterocycles. The minimum absolute atomic E-state index is 0. The molecule has 0 spiro atoms. The summed E-state index contributed by atoms with van der Waals surface area (Å²) in [7, 11) is -36.1. The zero-order chi connectivity index (χ0) is 28.7. The van der Waals surface area contributed by atoms with Crippen molar-refractivity contribution in [2.45, 2.75) is 36.6 Å². The van der Waals surface area contributed by atoms with Gasteiger partial charge in [0, 0.05) is 0 Å². The van der Waals surface area contributed by atoms with E-state index >= 15 is 0 Å². The van der Waals surface area contributed by atoms with E-state index in [1.807, 2.05) is 0 Å². The summed E-state index contributed by atoms with van der Waals surface area (Å²) in [5.41, 5.74) is 0. The van der Waals surface area contributed by atoms with Gasteiger partial charge in [0.15, 0.2) is 0 Å². The van der Waals surface area contributed by atoms with Gasteiger partial charge in [-0.05, 0) is 0 Å². The summed E-state index contributed by atoms with van der Waals surface area (Å²) in [6.07, 6.45) is -18.9. The van der Waals surface area contributed by atoms with Crippen molar-refractivity contribution in [3.8, 4) is 0 Å². The van der Waals surface area contributed by atoms with Crippen LogP contribution in [0.4, 0.5) is 0 Å². The largest absolute Gasteiger partial charge is 0.470 e. The first kappa shape index (κ1) is 81.9. The quantitative estimate of drug-likeness (QED) is 0.103. The van der Waals surface area contributed by atoms with E-state index in [0.717, 1.165) is 0 Å². The highest BCUT2D eigenvalue weighted by atomic mass is 31.2. The van der Waals surface area contributed by atoms with Gasteiger partial charge in [-0.2, -0.15) is 0 Å². The molecule has 0 unspecified atom stereocenters. The van der Waals surface area contributed by atoms with E-state index in [2.05, 4.69) is 27.1 Å². The van der Waals surface area contributed by atoms with Crippen molar-refractivity contribution in [1.29, 1.82) is 0 Å². The Bertz CT molecular complexity index is 857. The average molecular weight is 864 g/mol. The van der Waals surface area contributed by atoms with Crippen LogP contribution in [0.25, 0.3) is 0 Å². The van der Waals surface area contributed by atoms with E-state index in [0.29, 0.717) is 0 Å². The minimum Gasteiger partial charge on any atom is -0.344 e. The molecule has 48 N–H and O–H groups in total. The highest BCUT2D eigenvalue weighted by molar-refractivity contribution is 7.47. The lowest BCUT2D eigenvalue weighted by atomic mass is 9.85. The normalized spacial score (nSPS) is 22.0. The van der Waals surface area contributed by atoms with Gasteiger partial charge in [0.2, 0.25) is 0 Å². The molecule has 0 atom stereocenters. The van der Waals surface area contributed by atoms with Crippen LogP contribution in [0, 0.1) is 0 Å². The fraction of sp³-hybridized carbons (Fsp3) is 1.00. The molecule has 0 heterocycles. The molecule has 1 fully saturated rings. The van der Waals surface area contributed by atoms with Crippen LogP contribution in [0.5, 0.6) is 0 Å². The first-order valence-corrected chi connectivity index (χ1v) is 17.2. The summed E-state index contributed by atoms with van der Waals surface area (Å²) >= 11 is 0. The second-order valence-corrected chi connectivity index (χ2v) is 13.5. The van der Waals surface area contributed by atoms with Gasteiger partial charge < -0.3 is 133 Å². The van der Waals surface area contributed by atoms with Crippen LogP contribution in [-0.4, -0.2) is 95.3 Å². The molecule has 1 aliphatic rings. The third-order valence-electron chi connectivity index (χ3n) is 3.50. The van der Waals surface area contributed by atoms with E-state index in [-0.39, 0.29) is 73.8 Å². The Kier molecular flexibility index (Phi) is 47.4. The number of hydrogen-bond donors (Lipinski definition) is 24. The van der Waals surface area contributed by atoms with Crippen LogP contribution < -0.4 is 73.8 Å². The topological polar surface area (TPSA) is 821 Å². The molecule has 0 aromatic carbocycles. The molecule has 0 saturated heterocycles. The van der Waals surface area contributed by atoms with E-state index in [1.54, 1.807) is 0 Å². The van der Waals surface area contributed by atoms with Gasteiger partial charge in [-0.15, -0.1) is 0 Å². The van der Waals surface area contributed by atoms with Gasteiger partial charge >= 0.3 is 46.9 Å². The molecule has 0 aliphatic heterocycles. The van der Waals surface area contributed by atoms with Crippen molar-refractivity contribution in [3.63, 3.8) is 0 Å². The Morgan fingerprint density at radius 2 is 0.292 bits per heavy atom. The first-order chi connectivity index (χ1) is 15.6. The maximum Gasteiger partial charge on any atom is 0.470 e. The number of rotatable bonds is 12. The lowest BCUT2D eigenvalue weighted by Crippen LogP contribution is -2.66. The Morgan fingerprint density at radius 1 is 0.229 bits per heavy atom.